The van der Waals surface area contributed by atoms with Crippen LogP contribution in [0.3, 0.4) is 0 Å². The fraction of sp³-hybridized carbons (Fsp3) is 0.0476. The second-order valence-electron chi connectivity index (χ2n) is 6.10. The van der Waals surface area contributed by atoms with Crippen molar-refractivity contribution in [2.45, 2.75) is 6.04 Å². The number of nitrogens with zero attached hydrogens (tertiary/aromatic N) is 2. The molecule has 0 saturated heterocycles. The number of halogens is 2. The molecule has 0 aliphatic heterocycles. The molecule has 5 nitrogen and oxygen atoms in total. The Balaban J connectivity index is 1.74. The molecule has 4 aromatic rings. The maximum atomic E-state index is 13.5. The predicted octanol–water partition coefficient (Wildman–Crippen LogP) is 5.44. The molecule has 7 heteroatoms. The first-order valence-electron chi connectivity index (χ1n) is 8.49. The first kappa shape index (κ1) is 18.0. The number of anilines is 1. The number of hydrogen-bond acceptors (Lipinski definition) is 5. The van der Waals surface area contributed by atoms with E-state index in [4.69, 9.17) is 16.0 Å². The van der Waals surface area contributed by atoms with Gasteiger partial charge in [-0.25, -0.2) is 4.39 Å². The van der Waals surface area contributed by atoms with E-state index in [2.05, 4.69) is 15.5 Å². The van der Waals surface area contributed by atoms with Crippen molar-refractivity contribution in [1.29, 1.82) is 0 Å². The summed E-state index contributed by atoms with van der Waals surface area (Å²) in [5, 5.41) is 21.3. The summed E-state index contributed by atoms with van der Waals surface area (Å²) in [5.41, 5.74) is 2.07. The normalized spacial score (nSPS) is 11.9. The van der Waals surface area contributed by atoms with Crippen LogP contribution < -0.4 is 5.32 Å². The molecule has 1 heterocycles. The van der Waals surface area contributed by atoms with Gasteiger partial charge in [-0.1, -0.05) is 35.9 Å². The van der Waals surface area contributed by atoms with E-state index < -0.39 is 11.9 Å². The second kappa shape index (κ2) is 7.70. The van der Waals surface area contributed by atoms with Crippen molar-refractivity contribution in [2.75, 3.05) is 5.32 Å². The molecule has 1 aromatic heterocycles. The largest absolute Gasteiger partial charge is 0.508 e. The summed E-state index contributed by atoms with van der Waals surface area (Å²) in [6.07, 6.45) is 0. The van der Waals surface area contributed by atoms with Gasteiger partial charge in [-0.3, -0.25) is 0 Å². The Hall–Kier alpha value is -3.38. The summed E-state index contributed by atoms with van der Waals surface area (Å²) in [7, 11) is 0. The van der Waals surface area contributed by atoms with E-state index in [0.29, 0.717) is 17.1 Å². The third-order valence-corrected chi connectivity index (χ3v) is 4.49. The monoisotopic (exact) mass is 395 g/mol. The van der Waals surface area contributed by atoms with Crippen LogP contribution in [0.4, 0.5) is 10.1 Å². The summed E-state index contributed by atoms with van der Waals surface area (Å²) in [6, 6.07) is 19.4. The van der Waals surface area contributed by atoms with Crippen LogP contribution in [-0.4, -0.2) is 15.3 Å². The van der Waals surface area contributed by atoms with Crippen molar-refractivity contribution in [3.05, 3.63) is 95.1 Å². The Labute approximate surface area is 165 Å². The quantitative estimate of drug-likeness (QED) is 0.440. The second-order valence-corrected chi connectivity index (χ2v) is 6.51. The number of aromatic nitrogens is 2. The highest BCUT2D eigenvalue weighted by atomic mass is 35.5. The summed E-state index contributed by atoms with van der Waals surface area (Å²) in [5.74, 6) is 0.352. The van der Waals surface area contributed by atoms with Gasteiger partial charge in [-0.15, -0.1) is 10.2 Å². The minimum absolute atomic E-state index is 0.145. The summed E-state index contributed by atoms with van der Waals surface area (Å²) < 4.78 is 19.4. The highest BCUT2D eigenvalue weighted by Gasteiger charge is 2.24. The molecule has 0 saturated carbocycles. The van der Waals surface area contributed by atoms with E-state index in [1.807, 2.05) is 30.3 Å². The highest BCUT2D eigenvalue weighted by molar-refractivity contribution is 6.31. The van der Waals surface area contributed by atoms with E-state index in [0.717, 1.165) is 5.56 Å². The molecule has 28 heavy (non-hydrogen) atoms. The number of phenolic OH excluding ortho intramolecular Hbond substituents is 1. The zero-order valence-electron chi connectivity index (χ0n) is 14.5. The fourth-order valence-corrected chi connectivity index (χ4v) is 3.06. The van der Waals surface area contributed by atoms with Crippen LogP contribution in [0.5, 0.6) is 5.75 Å². The lowest BCUT2D eigenvalue weighted by atomic mass is 10.1. The topological polar surface area (TPSA) is 71.2 Å². The van der Waals surface area contributed by atoms with E-state index in [1.54, 1.807) is 30.3 Å². The molecule has 0 spiro atoms. The van der Waals surface area contributed by atoms with Gasteiger partial charge in [0.2, 0.25) is 11.8 Å². The van der Waals surface area contributed by atoms with Crippen LogP contribution >= 0.6 is 11.6 Å². The smallest absolute Gasteiger partial charge is 0.247 e. The predicted molar refractivity (Wildman–Crippen MR) is 105 cm³/mol. The molecule has 4 rings (SSSR count). The average molecular weight is 396 g/mol. The van der Waals surface area contributed by atoms with E-state index in [-0.39, 0.29) is 16.7 Å². The van der Waals surface area contributed by atoms with Crippen molar-refractivity contribution in [3.8, 4) is 17.2 Å². The molecular formula is C21H15ClFN3O2. The number of rotatable bonds is 5. The van der Waals surface area contributed by atoms with Crippen LogP contribution in [0.1, 0.15) is 17.5 Å². The Morgan fingerprint density at radius 3 is 2.43 bits per heavy atom. The van der Waals surface area contributed by atoms with Gasteiger partial charge in [0.15, 0.2) is 0 Å². The van der Waals surface area contributed by atoms with Crippen LogP contribution in [0.15, 0.2) is 77.2 Å². The SMILES string of the molecule is Oc1ccc(NC(c2nnc(-c3ccccc3)o2)c2ccc(F)cc2Cl)cc1. The minimum Gasteiger partial charge on any atom is -0.508 e. The lowest BCUT2D eigenvalue weighted by molar-refractivity contribution is 0.475. The average Bonchev–Trinajstić information content (AvgIpc) is 3.19. The Morgan fingerprint density at radius 2 is 1.71 bits per heavy atom. The van der Waals surface area contributed by atoms with Gasteiger partial charge in [0.1, 0.15) is 17.6 Å². The summed E-state index contributed by atoms with van der Waals surface area (Å²) in [4.78, 5) is 0. The van der Waals surface area contributed by atoms with E-state index in [1.165, 1.54) is 12.1 Å². The van der Waals surface area contributed by atoms with Gasteiger partial charge in [0, 0.05) is 21.8 Å². The molecule has 0 aliphatic carbocycles. The molecular weight excluding hydrogens is 381 g/mol. The van der Waals surface area contributed by atoms with Crippen LogP contribution in [-0.2, 0) is 0 Å². The standard InChI is InChI=1S/C21H15ClFN3O2/c22-18-12-14(23)6-11-17(18)19(24-15-7-9-16(27)10-8-15)21-26-25-20(28-21)13-4-2-1-3-5-13/h1-12,19,24,27H. The van der Waals surface area contributed by atoms with Gasteiger partial charge in [-0.2, -0.15) is 0 Å². The number of hydrogen-bond donors (Lipinski definition) is 2. The van der Waals surface area contributed by atoms with Crippen molar-refractivity contribution >= 4 is 17.3 Å². The van der Waals surface area contributed by atoms with Crippen molar-refractivity contribution in [1.82, 2.24) is 10.2 Å². The minimum atomic E-state index is -0.609. The number of benzene rings is 3. The first-order valence-corrected chi connectivity index (χ1v) is 8.87. The number of phenols is 1. The van der Waals surface area contributed by atoms with Gasteiger partial charge >= 0.3 is 0 Å². The fourth-order valence-electron chi connectivity index (χ4n) is 2.78. The highest BCUT2D eigenvalue weighted by Crippen LogP contribution is 2.33. The van der Waals surface area contributed by atoms with Crippen LogP contribution in [0.25, 0.3) is 11.5 Å². The number of aromatic hydroxyl groups is 1. The maximum absolute atomic E-state index is 13.5. The molecule has 0 amide bonds. The lowest BCUT2D eigenvalue weighted by Crippen LogP contribution is -2.13. The maximum Gasteiger partial charge on any atom is 0.247 e. The van der Waals surface area contributed by atoms with Gasteiger partial charge in [0.25, 0.3) is 0 Å². The third-order valence-electron chi connectivity index (χ3n) is 4.16. The van der Waals surface area contributed by atoms with Gasteiger partial charge in [-0.05, 0) is 48.5 Å². The van der Waals surface area contributed by atoms with Crippen LogP contribution in [0.2, 0.25) is 5.02 Å². The Bertz CT molecular complexity index is 1080. The zero-order chi connectivity index (χ0) is 19.5. The molecule has 0 radical (unpaired) electrons. The lowest BCUT2D eigenvalue weighted by Gasteiger charge is -2.18. The summed E-state index contributed by atoms with van der Waals surface area (Å²) >= 11 is 6.28. The van der Waals surface area contributed by atoms with Crippen LogP contribution in [0, 0.1) is 5.82 Å². The van der Waals surface area contributed by atoms with Gasteiger partial charge in [0.05, 0.1) is 0 Å². The van der Waals surface area contributed by atoms with Crippen molar-refractivity contribution in [2.24, 2.45) is 0 Å². The molecule has 0 fully saturated rings. The van der Waals surface area contributed by atoms with Crippen molar-refractivity contribution in [3.63, 3.8) is 0 Å². The molecule has 3 aromatic carbocycles. The molecule has 1 unspecified atom stereocenters. The Kier molecular flexibility index (Phi) is 4.95. The van der Waals surface area contributed by atoms with E-state index in [9.17, 15) is 9.50 Å². The Morgan fingerprint density at radius 1 is 0.964 bits per heavy atom. The molecule has 0 bridgehead atoms. The number of nitrogens with one attached hydrogen (secondary N) is 1. The summed E-state index contributed by atoms with van der Waals surface area (Å²) in [6.45, 7) is 0. The third kappa shape index (κ3) is 3.82. The molecule has 0 aliphatic rings. The van der Waals surface area contributed by atoms with Crippen molar-refractivity contribution < 1.29 is 13.9 Å². The molecule has 140 valence electrons. The van der Waals surface area contributed by atoms with Gasteiger partial charge < -0.3 is 14.8 Å². The molecule has 1 atom stereocenters. The molecule has 2 N–H and O–H groups in total. The first-order chi connectivity index (χ1) is 13.6. The van der Waals surface area contributed by atoms with E-state index >= 15 is 0 Å². The zero-order valence-corrected chi connectivity index (χ0v) is 15.3.